The zero-order valence-electron chi connectivity index (χ0n) is 16.8. The van der Waals surface area contributed by atoms with Crippen molar-refractivity contribution < 1.29 is 14.3 Å². The monoisotopic (exact) mass is 429 g/mol. The molecule has 0 spiro atoms. The summed E-state index contributed by atoms with van der Waals surface area (Å²) in [6.07, 6.45) is 5.34. The van der Waals surface area contributed by atoms with E-state index in [0.717, 1.165) is 36.4 Å². The third kappa shape index (κ3) is 3.11. The highest BCUT2D eigenvalue weighted by atomic mass is 32.1. The molecule has 5 rings (SSSR count). The van der Waals surface area contributed by atoms with Crippen molar-refractivity contribution in [1.29, 1.82) is 0 Å². The van der Waals surface area contributed by atoms with E-state index in [9.17, 15) is 19.1 Å². The highest BCUT2D eigenvalue weighted by Crippen LogP contribution is 2.36. The van der Waals surface area contributed by atoms with Crippen LogP contribution in [0.2, 0.25) is 0 Å². The molecule has 0 radical (unpaired) electrons. The Hall–Kier alpha value is -2.71. The van der Waals surface area contributed by atoms with Gasteiger partial charge in [-0.05, 0) is 43.4 Å². The number of aromatic carboxylic acids is 1. The van der Waals surface area contributed by atoms with Crippen molar-refractivity contribution >= 4 is 38.7 Å². The van der Waals surface area contributed by atoms with E-state index in [2.05, 4.69) is 17.1 Å². The van der Waals surface area contributed by atoms with Gasteiger partial charge < -0.3 is 20.1 Å². The Bertz CT molecular complexity index is 1220. The van der Waals surface area contributed by atoms with Gasteiger partial charge in [0.1, 0.15) is 10.4 Å². The average molecular weight is 430 g/mol. The number of thiazole rings is 1. The molecule has 3 aromatic rings. The number of carbonyl (C=O) groups is 1. The molecule has 3 unspecified atom stereocenters. The van der Waals surface area contributed by atoms with E-state index >= 15 is 0 Å². The van der Waals surface area contributed by atoms with Gasteiger partial charge in [-0.3, -0.25) is 9.18 Å². The Morgan fingerprint density at radius 2 is 2.07 bits per heavy atom. The summed E-state index contributed by atoms with van der Waals surface area (Å²) < 4.78 is 11.4. The number of carboxylic acids is 1. The number of hydrogen-bond acceptors (Lipinski definition) is 5. The van der Waals surface area contributed by atoms with Crippen LogP contribution < -0.4 is 16.1 Å². The van der Waals surface area contributed by atoms with Crippen molar-refractivity contribution in [2.45, 2.75) is 19.4 Å². The van der Waals surface area contributed by atoms with E-state index in [-0.39, 0.29) is 11.6 Å². The number of benzene rings is 1. The van der Waals surface area contributed by atoms with Crippen molar-refractivity contribution in [3.8, 4) is 0 Å². The lowest BCUT2D eigenvalue weighted by Crippen LogP contribution is -2.35. The molecular weight excluding hydrogens is 405 g/mol. The van der Waals surface area contributed by atoms with Crippen LogP contribution in [-0.4, -0.2) is 41.8 Å². The summed E-state index contributed by atoms with van der Waals surface area (Å²) in [6.45, 7) is 3.78. The minimum Gasteiger partial charge on any atom is -0.477 e. The van der Waals surface area contributed by atoms with Gasteiger partial charge in [-0.1, -0.05) is 12.2 Å². The Morgan fingerprint density at radius 1 is 1.30 bits per heavy atom. The predicted octanol–water partition coefficient (Wildman–Crippen LogP) is 3.45. The number of rotatable bonds is 2. The smallest absolute Gasteiger partial charge is 0.342 e. The number of nitrogens with zero attached hydrogens (tertiary/aromatic N) is 2. The number of alkyl halides is 1. The van der Waals surface area contributed by atoms with Crippen LogP contribution in [0.15, 0.2) is 40.5 Å². The van der Waals surface area contributed by atoms with Gasteiger partial charge in [0.2, 0.25) is 5.43 Å². The number of allylic oxidation sites excluding steroid dienone is 1. The summed E-state index contributed by atoms with van der Waals surface area (Å²) >= 11 is 1.30. The first kappa shape index (κ1) is 20.6. The maximum atomic E-state index is 12.8. The van der Waals surface area contributed by atoms with Crippen molar-refractivity contribution in [2.75, 3.05) is 25.2 Å². The normalized spacial score (nSPS) is 22.8. The fourth-order valence-electron chi connectivity index (χ4n) is 4.74. The third-order valence-electron chi connectivity index (χ3n) is 6.17. The number of fused-ring (bicyclic) bond motifs is 4. The van der Waals surface area contributed by atoms with E-state index in [4.69, 9.17) is 5.73 Å². The summed E-state index contributed by atoms with van der Waals surface area (Å²) in [5, 5.41) is 11.9. The number of anilines is 1. The Kier molecular flexibility index (Phi) is 5.38. The molecule has 8 heteroatoms. The van der Waals surface area contributed by atoms with E-state index in [0.29, 0.717) is 29.2 Å². The first-order valence-electron chi connectivity index (χ1n) is 9.80. The Morgan fingerprint density at radius 3 is 2.77 bits per heavy atom. The van der Waals surface area contributed by atoms with E-state index in [1.165, 1.54) is 11.3 Å². The highest BCUT2D eigenvalue weighted by Gasteiger charge is 2.37. The number of nitrogens with two attached hydrogens (primary N) is 1. The van der Waals surface area contributed by atoms with Crippen molar-refractivity contribution in [3.63, 3.8) is 0 Å². The largest absolute Gasteiger partial charge is 0.477 e. The number of carboxylic acid groups (broad SMARTS) is 1. The maximum absolute atomic E-state index is 12.8. The third-order valence-corrected chi connectivity index (χ3v) is 7.24. The molecule has 1 aliphatic carbocycles. The second-order valence-electron chi connectivity index (χ2n) is 7.80. The van der Waals surface area contributed by atoms with Crippen molar-refractivity contribution in [1.82, 2.24) is 4.40 Å². The molecule has 1 fully saturated rings. The van der Waals surface area contributed by atoms with Gasteiger partial charge in [-0.25, -0.2) is 4.79 Å². The van der Waals surface area contributed by atoms with E-state index < -0.39 is 11.4 Å². The van der Waals surface area contributed by atoms with E-state index in [1.807, 2.05) is 28.8 Å². The molecule has 158 valence electrons. The standard InChI is InChI=1S/C21H21N3O3S.CH3F/c1-11-10-28-20-18(21(26)27)19(25)14-6-5-13(7-17(14)24(11)20)23-8-12-3-2-4-16(22)15(12)9-23;1-2/h2,4-7,10,12,15-16H,3,8-9,22H2,1H3,(H,26,27);1H3. The fraction of sp³-hybridized carbons (Fsp3) is 0.364. The molecule has 1 saturated heterocycles. The molecule has 2 aromatic heterocycles. The zero-order valence-corrected chi connectivity index (χ0v) is 17.7. The van der Waals surface area contributed by atoms with Crippen LogP contribution in [0.25, 0.3) is 15.7 Å². The molecule has 6 nitrogen and oxygen atoms in total. The van der Waals surface area contributed by atoms with Gasteiger partial charge in [0, 0.05) is 41.3 Å². The van der Waals surface area contributed by atoms with Crippen LogP contribution in [0.4, 0.5) is 10.1 Å². The number of hydrogen-bond donors (Lipinski definition) is 2. The second-order valence-corrected chi connectivity index (χ2v) is 8.66. The maximum Gasteiger partial charge on any atom is 0.342 e. The molecule has 3 atom stereocenters. The highest BCUT2D eigenvalue weighted by molar-refractivity contribution is 7.16. The van der Waals surface area contributed by atoms with Crippen molar-refractivity contribution in [2.24, 2.45) is 17.6 Å². The lowest BCUT2D eigenvalue weighted by atomic mass is 9.83. The van der Waals surface area contributed by atoms with Crippen LogP contribution in [0.5, 0.6) is 0 Å². The van der Waals surface area contributed by atoms with Gasteiger partial charge in [0.15, 0.2) is 0 Å². The van der Waals surface area contributed by atoms with Crippen LogP contribution >= 0.6 is 11.3 Å². The van der Waals surface area contributed by atoms with Gasteiger partial charge in [-0.15, -0.1) is 11.3 Å². The van der Waals surface area contributed by atoms with Crippen LogP contribution in [0.3, 0.4) is 0 Å². The van der Waals surface area contributed by atoms with Gasteiger partial charge in [0.25, 0.3) is 0 Å². The van der Waals surface area contributed by atoms with Gasteiger partial charge in [-0.2, -0.15) is 0 Å². The number of pyridine rings is 1. The number of halogens is 1. The minimum absolute atomic E-state index is 0.0933. The molecular formula is C22H24FN3O3S. The number of aryl methyl sites for hydroxylation is 1. The van der Waals surface area contributed by atoms with Crippen molar-refractivity contribution in [3.05, 3.63) is 57.2 Å². The molecule has 3 heterocycles. The summed E-state index contributed by atoms with van der Waals surface area (Å²) in [4.78, 5) is 27.4. The van der Waals surface area contributed by atoms with Crippen LogP contribution in [-0.2, 0) is 0 Å². The predicted molar refractivity (Wildman–Crippen MR) is 119 cm³/mol. The fourth-order valence-corrected chi connectivity index (χ4v) is 5.77. The summed E-state index contributed by atoms with van der Waals surface area (Å²) in [6, 6.07) is 5.81. The second kappa shape index (κ2) is 7.85. The molecule has 1 aromatic carbocycles. The quantitative estimate of drug-likeness (QED) is 0.609. The summed E-state index contributed by atoms with van der Waals surface area (Å²) in [5.74, 6) is -0.183. The van der Waals surface area contributed by atoms with Crippen LogP contribution in [0.1, 0.15) is 22.5 Å². The SMILES string of the molecule is CF.Cc1csc2c(C(=O)O)c(=O)c3ccc(N4CC5CC=CC(N)C5C4)cc3n12. The Balaban J connectivity index is 0.00000106. The zero-order chi connectivity index (χ0) is 21.6. The topological polar surface area (TPSA) is 88.0 Å². The first-order valence-corrected chi connectivity index (χ1v) is 10.7. The molecule has 30 heavy (non-hydrogen) atoms. The molecule has 2 aliphatic rings. The minimum atomic E-state index is -1.18. The summed E-state index contributed by atoms with van der Waals surface area (Å²) in [7, 11) is 0.500. The van der Waals surface area contributed by atoms with Gasteiger partial charge in [0.05, 0.1) is 12.7 Å². The van der Waals surface area contributed by atoms with Gasteiger partial charge >= 0.3 is 5.97 Å². The molecule has 0 bridgehead atoms. The van der Waals surface area contributed by atoms with Crippen LogP contribution in [0, 0.1) is 18.8 Å². The number of aromatic nitrogens is 1. The summed E-state index contributed by atoms with van der Waals surface area (Å²) in [5.41, 5.74) is 8.45. The molecule has 0 amide bonds. The van der Waals surface area contributed by atoms with E-state index in [1.54, 1.807) is 6.07 Å². The Labute approximate surface area is 177 Å². The molecule has 0 saturated carbocycles. The lowest BCUT2D eigenvalue weighted by molar-refractivity contribution is 0.0697. The first-order chi connectivity index (χ1) is 14.5. The average Bonchev–Trinajstić information content (AvgIpc) is 3.34. The lowest BCUT2D eigenvalue weighted by Gasteiger charge is -2.25. The molecule has 1 aliphatic heterocycles. The molecule has 3 N–H and O–H groups in total.